The fourth-order valence-electron chi connectivity index (χ4n) is 5.74. The summed E-state index contributed by atoms with van der Waals surface area (Å²) < 4.78 is 0. The second kappa shape index (κ2) is 11.5. The Morgan fingerprint density at radius 2 is 1.69 bits per heavy atom. The van der Waals surface area contributed by atoms with Gasteiger partial charge in [0.2, 0.25) is 17.7 Å². The summed E-state index contributed by atoms with van der Waals surface area (Å²) in [5.41, 5.74) is 1.32. The zero-order valence-corrected chi connectivity index (χ0v) is 21.4. The number of hydrogen-bond donors (Lipinski definition) is 1. The maximum absolute atomic E-state index is 13.2. The zero-order valence-electron chi connectivity index (χ0n) is 21.4. The van der Waals surface area contributed by atoms with Gasteiger partial charge >= 0.3 is 0 Å². The summed E-state index contributed by atoms with van der Waals surface area (Å²) in [7, 11) is 2.16. The van der Waals surface area contributed by atoms with Crippen LogP contribution < -0.4 is 5.32 Å². The van der Waals surface area contributed by atoms with Gasteiger partial charge in [-0.05, 0) is 44.2 Å². The minimum absolute atomic E-state index is 0.173. The molecule has 7 heteroatoms. The Kier molecular flexibility index (Phi) is 8.39. The summed E-state index contributed by atoms with van der Waals surface area (Å²) in [6, 6.07) is 10.2. The Hall–Kier alpha value is -2.51. The smallest absolute Gasteiger partial charge is 0.243 e. The van der Waals surface area contributed by atoms with Gasteiger partial charge < -0.3 is 10.2 Å². The highest BCUT2D eigenvalue weighted by molar-refractivity contribution is 6.08. The van der Waals surface area contributed by atoms with Crippen molar-refractivity contribution in [3.63, 3.8) is 0 Å². The van der Waals surface area contributed by atoms with Crippen molar-refractivity contribution < 1.29 is 14.4 Å². The molecule has 0 bridgehead atoms. The van der Waals surface area contributed by atoms with Crippen LogP contribution in [-0.2, 0) is 14.4 Å². The molecular weight excluding hydrogens is 440 g/mol. The van der Waals surface area contributed by atoms with Crippen LogP contribution in [0.5, 0.6) is 0 Å². The van der Waals surface area contributed by atoms with E-state index in [4.69, 9.17) is 0 Å². The SMILES string of the molecule is CC(C)CC(C(=O)NCCCN1CCN(C)CC1c1ccccc1)N1C(=O)C2CC=CCC2C1=O. The van der Waals surface area contributed by atoms with Crippen molar-refractivity contribution in [2.24, 2.45) is 17.8 Å². The normalized spacial score (nSPS) is 26.3. The van der Waals surface area contributed by atoms with E-state index in [0.717, 1.165) is 32.6 Å². The average Bonchev–Trinajstić information content (AvgIpc) is 3.11. The number of likely N-dealkylation sites (N-methyl/N-ethyl adjacent to an activating group) is 1. The van der Waals surface area contributed by atoms with Crippen LogP contribution in [0.2, 0.25) is 0 Å². The standard InChI is InChI=1S/C28H40N4O3/c1-20(2)18-24(32-27(34)22-12-7-8-13-23(22)28(32)35)26(33)29-14-9-15-31-17-16-30(3)19-25(31)21-10-5-4-6-11-21/h4-8,10-11,20,22-25H,9,12-19H2,1-3H3,(H,29,33). The van der Waals surface area contributed by atoms with Gasteiger partial charge in [-0.1, -0.05) is 56.3 Å². The number of rotatable bonds is 9. The molecule has 4 atom stereocenters. The van der Waals surface area contributed by atoms with E-state index in [0.29, 0.717) is 31.8 Å². The number of nitrogens with zero attached hydrogens (tertiary/aromatic N) is 3. The van der Waals surface area contributed by atoms with Gasteiger partial charge in [0.1, 0.15) is 6.04 Å². The predicted octanol–water partition coefficient (Wildman–Crippen LogP) is 2.85. The Morgan fingerprint density at radius 1 is 1.03 bits per heavy atom. The molecule has 1 aliphatic carbocycles. The van der Waals surface area contributed by atoms with E-state index in [9.17, 15) is 14.4 Å². The lowest BCUT2D eigenvalue weighted by Crippen LogP contribution is -2.51. The predicted molar refractivity (Wildman–Crippen MR) is 136 cm³/mol. The molecule has 0 saturated carbocycles. The third-order valence-corrected chi connectivity index (χ3v) is 7.65. The van der Waals surface area contributed by atoms with Gasteiger partial charge in [0.05, 0.1) is 11.8 Å². The molecule has 4 unspecified atom stereocenters. The molecule has 7 nitrogen and oxygen atoms in total. The van der Waals surface area contributed by atoms with Gasteiger partial charge in [0, 0.05) is 38.8 Å². The molecule has 2 heterocycles. The minimum atomic E-state index is -0.721. The topological polar surface area (TPSA) is 73.0 Å². The number of carbonyl (C=O) groups excluding carboxylic acids is 3. The Bertz CT molecular complexity index is 905. The maximum atomic E-state index is 13.2. The first-order chi connectivity index (χ1) is 16.9. The molecule has 0 spiro atoms. The van der Waals surface area contributed by atoms with E-state index in [1.807, 2.05) is 32.1 Å². The molecular formula is C28H40N4O3. The van der Waals surface area contributed by atoms with E-state index >= 15 is 0 Å². The van der Waals surface area contributed by atoms with E-state index in [1.54, 1.807) is 0 Å². The van der Waals surface area contributed by atoms with Crippen molar-refractivity contribution in [3.8, 4) is 0 Å². The van der Waals surface area contributed by atoms with Gasteiger partial charge in [0.15, 0.2) is 0 Å². The van der Waals surface area contributed by atoms with E-state index < -0.39 is 6.04 Å². The molecule has 2 aliphatic heterocycles. The summed E-state index contributed by atoms with van der Waals surface area (Å²) in [6.07, 6.45) is 6.46. The van der Waals surface area contributed by atoms with Crippen LogP contribution in [0.1, 0.15) is 51.1 Å². The van der Waals surface area contributed by atoms with Crippen LogP contribution >= 0.6 is 0 Å². The highest BCUT2D eigenvalue weighted by atomic mass is 16.2. The monoisotopic (exact) mass is 480 g/mol. The molecule has 1 aromatic rings. The van der Waals surface area contributed by atoms with Gasteiger partial charge in [-0.15, -0.1) is 0 Å². The second-order valence-corrected chi connectivity index (χ2v) is 10.7. The molecule has 0 radical (unpaired) electrons. The number of piperazine rings is 1. The summed E-state index contributed by atoms with van der Waals surface area (Å²) in [5, 5.41) is 3.05. The minimum Gasteiger partial charge on any atom is -0.354 e. The Morgan fingerprint density at radius 3 is 2.31 bits per heavy atom. The molecule has 1 aromatic carbocycles. The number of allylic oxidation sites excluding steroid dienone is 2. The van der Waals surface area contributed by atoms with E-state index in [2.05, 4.69) is 46.4 Å². The Labute approximate surface area is 209 Å². The van der Waals surface area contributed by atoms with Gasteiger partial charge in [-0.25, -0.2) is 0 Å². The number of amides is 3. The number of carbonyl (C=O) groups is 3. The van der Waals surface area contributed by atoms with Crippen LogP contribution in [-0.4, -0.2) is 78.2 Å². The van der Waals surface area contributed by atoms with Crippen LogP contribution in [0.15, 0.2) is 42.5 Å². The second-order valence-electron chi connectivity index (χ2n) is 10.7. The van der Waals surface area contributed by atoms with Crippen LogP contribution in [0.25, 0.3) is 0 Å². The fraction of sp³-hybridized carbons (Fsp3) is 0.607. The largest absolute Gasteiger partial charge is 0.354 e. The summed E-state index contributed by atoms with van der Waals surface area (Å²) in [5.74, 6) is -0.958. The molecule has 35 heavy (non-hydrogen) atoms. The highest BCUT2D eigenvalue weighted by Crippen LogP contribution is 2.37. The molecule has 3 amide bonds. The molecule has 2 fully saturated rings. The number of benzene rings is 1. The van der Waals surface area contributed by atoms with Crippen molar-refractivity contribution >= 4 is 17.7 Å². The van der Waals surface area contributed by atoms with Crippen molar-refractivity contribution in [1.29, 1.82) is 0 Å². The quantitative estimate of drug-likeness (QED) is 0.334. The van der Waals surface area contributed by atoms with Crippen molar-refractivity contribution in [2.75, 3.05) is 39.8 Å². The zero-order chi connectivity index (χ0) is 24.9. The van der Waals surface area contributed by atoms with Crippen molar-refractivity contribution in [2.45, 2.75) is 51.6 Å². The molecule has 1 N–H and O–H groups in total. The van der Waals surface area contributed by atoms with Crippen molar-refractivity contribution in [1.82, 2.24) is 20.0 Å². The van der Waals surface area contributed by atoms with Crippen molar-refractivity contribution in [3.05, 3.63) is 48.0 Å². The number of likely N-dealkylation sites (tertiary alicyclic amines) is 1. The highest BCUT2D eigenvalue weighted by Gasteiger charge is 2.51. The number of imide groups is 1. The molecule has 190 valence electrons. The first-order valence-corrected chi connectivity index (χ1v) is 13.1. The summed E-state index contributed by atoms with van der Waals surface area (Å²) in [4.78, 5) is 45.6. The first kappa shape index (κ1) is 25.6. The lowest BCUT2D eigenvalue weighted by molar-refractivity contribution is -0.148. The van der Waals surface area contributed by atoms with Crippen LogP contribution in [0.4, 0.5) is 0 Å². The lowest BCUT2D eigenvalue weighted by atomic mass is 9.85. The van der Waals surface area contributed by atoms with Crippen LogP contribution in [0.3, 0.4) is 0 Å². The summed E-state index contributed by atoms with van der Waals surface area (Å²) >= 11 is 0. The maximum Gasteiger partial charge on any atom is 0.243 e. The van der Waals surface area contributed by atoms with Gasteiger partial charge in [-0.2, -0.15) is 0 Å². The molecule has 2 saturated heterocycles. The number of fused-ring (bicyclic) bond motifs is 1. The van der Waals surface area contributed by atoms with E-state index in [-0.39, 0.29) is 35.5 Å². The van der Waals surface area contributed by atoms with E-state index in [1.165, 1.54) is 10.5 Å². The van der Waals surface area contributed by atoms with Crippen LogP contribution in [0, 0.1) is 17.8 Å². The molecule has 4 rings (SSSR count). The Balaban J connectivity index is 1.34. The fourth-order valence-corrected chi connectivity index (χ4v) is 5.74. The number of nitrogens with one attached hydrogen (secondary N) is 1. The van der Waals surface area contributed by atoms with Gasteiger partial charge in [-0.3, -0.25) is 24.2 Å². The number of hydrogen-bond acceptors (Lipinski definition) is 5. The summed E-state index contributed by atoms with van der Waals surface area (Å²) in [6.45, 7) is 8.49. The molecule has 0 aromatic heterocycles. The molecule has 3 aliphatic rings. The lowest BCUT2D eigenvalue weighted by Gasteiger charge is -2.40. The van der Waals surface area contributed by atoms with Gasteiger partial charge in [0.25, 0.3) is 0 Å². The third-order valence-electron chi connectivity index (χ3n) is 7.65. The average molecular weight is 481 g/mol. The first-order valence-electron chi connectivity index (χ1n) is 13.1. The third kappa shape index (κ3) is 5.84.